The van der Waals surface area contributed by atoms with E-state index in [0.29, 0.717) is 23.8 Å². The summed E-state index contributed by atoms with van der Waals surface area (Å²) in [5.41, 5.74) is 2.48. The maximum atomic E-state index is 14.4. The molecule has 0 unspecified atom stereocenters. The van der Waals surface area contributed by atoms with Crippen molar-refractivity contribution >= 4 is 0 Å². The van der Waals surface area contributed by atoms with Crippen molar-refractivity contribution in [2.24, 2.45) is 11.3 Å². The third kappa shape index (κ3) is 5.48. The van der Waals surface area contributed by atoms with Crippen molar-refractivity contribution in [1.82, 2.24) is 0 Å². The molecule has 2 aromatic carbocycles. The zero-order valence-corrected chi connectivity index (χ0v) is 16.2. The quantitative estimate of drug-likeness (QED) is 0.628. The Hall–Kier alpha value is -2.03. The van der Waals surface area contributed by atoms with Crippen LogP contribution in [0, 0.1) is 17.2 Å². The van der Waals surface area contributed by atoms with Gasteiger partial charge in [0, 0.05) is 11.1 Å². The third-order valence-corrected chi connectivity index (χ3v) is 3.81. The highest BCUT2D eigenvalue weighted by Gasteiger charge is 2.17. The van der Waals surface area contributed by atoms with Gasteiger partial charge in [-0.25, -0.2) is 4.39 Å². The molecule has 0 N–H and O–H groups in total. The summed E-state index contributed by atoms with van der Waals surface area (Å²) in [6.45, 7) is 11.3. The molecule has 0 heterocycles. The van der Waals surface area contributed by atoms with Crippen LogP contribution in [0.2, 0.25) is 0 Å². The van der Waals surface area contributed by atoms with E-state index in [1.54, 1.807) is 19.2 Å². The van der Waals surface area contributed by atoms with Crippen molar-refractivity contribution in [3.8, 4) is 22.6 Å². The third-order valence-electron chi connectivity index (χ3n) is 3.81. The van der Waals surface area contributed by atoms with Crippen molar-refractivity contribution in [2.45, 2.75) is 41.0 Å². The molecule has 0 aliphatic rings. The molecule has 0 atom stereocenters. The van der Waals surface area contributed by atoms with E-state index in [2.05, 4.69) is 40.7 Å². The van der Waals surface area contributed by atoms with Gasteiger partial charge in [-0.05, 0) is 47.6 Å². The van der Waals surface area contributed by atoms with Crippen LogP contribution in [0.4, 0.5) is 4.39 Å². The van der Waals surface area contributed by atoms with E-state index in [-0.39, 0.29) is 11.2 Å². The second-order valence-corrected chi connectivity index (χ2v) is 8.12. The molecular formula is C22H29FO2. The van der Waals surface area contributed by atoms with Crippen LogP contribution < -0.4 is 9.47 Å². The average molecular weight is 344 g/mol. The number of hydrogen-bond donors (Lipinski definition) is 0. The molecule has 25 heavy (non-hydrogen) atoms. The van der Waals surface area contributed by atoms with Crippen LogP contribution in [-0.4, -0.2) is 13.7 Å². The highest BCUT2D eigenvalue weighted by molar-refractivity contribution is 5.72. The van der Waals surface area contributed by atoms with Crippen LogP contribution >= 0.6 is 0 Å². The molecule has 3 heteroatoms. The van der Waals surface area contributed by atoms with Gasteiger partial charge in [0.15, 0.2) is 0 Å². The van der Waals surface area contributed by atoms with Gasteiger partial charge in [0.1, 0.15) is 17.3 Å². The highest BCUT2D eigenvalue weighted by atomic mass is 19.1. The predicted octanol–water partition coefficient (Wildman–Crippen LogP) is 6.12. The van der Waals surface area contributed by atoms with Crippen LogP contribution in [0.15, 0.2) is 36.4 Å². The highest BCUT2D eigenvalue weighted by Crippen LogP contribution is 2.36. The molecule has 0 spiro atoms. The number of hydrogen-bond acceptors (Lipinski definition) is 2. The van der Waals surface area contributed by atoms with E-state index in [1.165, 1.54) is 11.6 Å². The van der Waals surface area contributed by atoms with Gasteiger partial charge in [-0.3, -0.25) is 0 Å². The van der Waals surface area contributed by atoms with E-state index in [4.69, 9.17) is 9.47 Å². The molecule has 2 nitrogen and oxygen atoms in total. The van der Waals surface area contributed by atoms with E-state index < -0.39 is 0 Å². The van der Waals surface area contributed by atoms with Gasteiger partial charge >= 0.3 is 0 Å². The molecule has 0 saturated carbocycles. The van der Waals surface area contributed by atoms with E-state index in [9.17, 15) is 4.39 Å². The molecule has 0 aliphatic heterocycles. The van der Waals surface area contributed by atoms with Gasteiger partial charge in [-0.2, -0.15) is 0 Å². The average Bonchev–Trinajstić information content (AvgIpc) is 2.52. The molecule has 0 aromatic heterocycles. The van der Waals surface area contributed by atoms with Crippen molar-refractivity contribution in [1.29, 1.82) is 0 Å². The minimum absolute atomic E-state index is 0.0260. The Bertz CT molecular complexity index is 714. The number of benzene rings is 2. The summed E-state index contributed by atoms with van der Waals surface area (Å²) in [4.78, 5) is 0. The molecule has 0 radical (unpaired) electrons. The maximum Gasteiger partial charge on any atom is 0.131 e. The van der Waals surface area contributed by atoms with Gasteiger partial charge in [0.2, 0.25) is 0 Å². The number of methoxy groups -OCH3 is 1. The fraction of sp³-hybridized carbons (Fsp3) is 0.455. The van der Waals surface area contributed by atoms with Crippen molar-refractivity contribution in [3.63, 3.8) is 0 Å². The topological polar surface area (TPSA) is 18.5 Å². The van der Waals surface area contributed by atoms with E-state index >= 15 is 0 Å². The molecular weight excluding hydrogens is 315 g/mol. The SMILES string of the molecule is COc1ccc(F)c(-c2ccc(CC(C)C)cc2OCC(C)(C)C)c1. The number of rotatable bonds is 6. The lowest BCUT2D eigenvalue weighted by Gasteiger charge is -2.21. The van der Waals surface area contributed by atoms with Gasteiger partial charge in [-0.15, -0.1) is 0 Å². The Kier molecular flexibility index (Phi) is 6.10. The molecule has 2 aromatic rings. The monoisotopic (exact) mass is 344 g/mol. The zero-order valence-electron chi connectivity index (χ0n) is 16.2. The first-order valence-corrected chi connectivity index (χ1v) is 8.79. The van der Waals surface area contributed by atoms with Gasteiger partial charge in [0.05, 0.1) is 13.7 Å². The summed E-state index contributed by atoms with van der Waals surface area (Å²) in [7, 11) is 1.58. The minimum Gasteiger partial charge on any atom is -0.497 e. The van der Waals surface area contributed by atoms with Crippen LogP contribution in [-0.2, 0) is 6.42 Å². The van der Waals surface area contributed by atoms with Crippen molar-refractivity contribution in [2.75, 3.05) is 13.7 Å². The molecule has 136 valence electrons. The van der Waals surface area contributed by atoms with Crippen LogP contribution in [0.5, 0.6) is 11.5 Å². The Morgan fingerprint density at radius 1 is 1.00 bits per heavy atom. The normalized spacial score (nSPS) is 11.7. The Balaban J connectivity index is 2.48. The molecule has 0 saturated heterocycles. The van der Waals surface area contributed by atoms with Crippen molar-refractivity contribution < 1.29 is 13.9 Å². The zero-order chi connectivity index (χ0) is 18.6. The summed E-state index contributed by atoms with van der Waals surface area (Å²) in [6, 6.07) is 10.8. The Morgan fingerprint density at radius 2 is 1.72 bits per heavy atom. The van der Waals surface area contributed by atoms with Gasteiger partial charge < -0.3 is 9.47 Å². The molecule has 0 bridgehead atoms. The second kappa shape index (κ2) is 7.90. The standard InChI is InChI=1S/C22H29FO2/c1-15(2)11-16-7-9-18(21(12-16)25-14-22(3,4)5)19-13-17(24-6)8-10-20(19)23/h7-10,12-13,15H,11,14H2,1-6H3. The summed E-state index contributed by atoms with van der Waals surface area (Å²) in [5, 5.41) is 0. The summed E-state index contributed by atoms with van der Waals surface area (Å²) in [6.07, 6.45) is 0.965. The molecule has 2 rings (SSSR count). The minimum atomic E-state index is -0.280. The lowest BCUT2D eigenvalue weighted by Crippen LogP contribution is -2.17. The van der Waals surface area contributed by atoms with Crippen molar-refractivity contribution in [3.05, 3.63) is 47.8 Å². The van der Waals surface area contributed by atoms with E-state index in [1.807, 2.05) is 12.1 Å². The Labute approximate surface area is 151 Å². The lowest BCUT2D eigenvalue weighted by atomic mass is 9.96. The fourth-order valence-corrected chi connectivity index (χ4v) is 2.64. The molecule has 0 aliphatic carbocycles. The first kappa shape index (κ1) is 19.3. The second-order valence-electron chi connectivity index (χ2n) is 8.12. The van der Waals surface area contributed by atoms with Crippen LogP contribution in [0.1, 0.15) is 40.2 Å². The first-order chi connectivity index (χ1) is 11.7. The van der Waals surface area contributed by atoms with Gasteiger partial charge in [0.25, 0.3) is 0 Å². The van der Waals surface area contributed by atoms with Gasteiger partial charge in [-0.1, -0.05) is 46.8 Å². The van der Waals surface area contributed by atoms with Crippen LogP contribution in [0.25, 0.3) is 11.1 Å². The van der Waals surface area contributed by atoms with Crippen LogP contribution in [0.3, 0.4) is 0 Å². The largest absolute Gasteiger partial charge is 0.497 e. The number of ether oxygens (including phenoxy) is 2. The summed E-state index contributed by atoms with van der Waals surface area (Å²) < 4.78 is 25.8. The number of halogens is 1. The summed E-state index contributed by atoms with van der Waals surface area (Å²) in [5.74, 6) is 1.62. The first-order valence-electron chi connectivity index (χ1n) is 8.79. The lowest BCUT2D eigenvalue weighted by molar-refractivity contribution is 0.198. The molecule has 0 amide bonds. The summed E-state index contributed by atoms with van der Waals surface area (Å²) >= 11 is 0. The predicted molar refractivity (Wildman–Crippen MR) is 102 cm³/mol. The molecule has 0 fully saturated rings. The fourth-order valence-electron chi connectivity index (χ4n) is 2.64. The smallest absolute Gasteiger partial charge is 0.131 e. The maximum absolute atomic E-state index is 14.4. The Morgan fingerprint density at radius 3 is 2.32 bits per heavy atom. The van der Waals surface area contributed by atoms with E-state index in [0.717, 1.165) is 17.7 Å².